The lowest BCUT2D eigenvalue weighted by Crippen LogP contribution is -2.38. The summed E-state index contributed by atoms with van der Waals surface area (Å²) in [5.41, 5.74) is 3.30. The van der Waals surface area contributed by atoms with Gasteiger partial charge < -0.3 is 10.4 Å². The van der Waals surface area contributed by atoms with Crippen molar-refractivity contribution in [2.45, 2.75) is 38.6 Å². The van der Waals surface area contributed by atoms with Gasteiger partial charge in [-0.15, -0.1) is 0 Å². The van der Waals surface area contributed by atoms with Crippen LogP contribution in [0.2, 0.25) is 0 Å². The normalized spacial score (nSPS) is 12.8. The first-order valence-corrected chi connectivity index (χ1v) is 10.8. The lowest BCUT2D eigenvalue weighted by atomic mass is 9.95. The second-order valence-corrected chi connectivity index (χ2v) is 7.90. The van der Waals surface area contributed by atoms with Gasteiger partial charge in [-0.3, -0.25) is 14.4 Å². The number of aliphatic carboxylic acids is 1. The SMILES string of the molecule is CSC(=O)C(C)C[C@@H](Cc1ccc(-c2ccccc2)cc1)NC(=O)CCC(=O)O. The molecule has 154 valence electrons. The predicted molar refractivity (Wildman–Crippen MR) is 117 cm³/mol. The lowest BCUT2D eigenvalue weighted by Gasteiger charge is -2.22. The Labute approximate surface area is 175 Å². The van der Waals surface area contributed by atoms with Crippen LogP contribution >= 0.6 is 11.8 Å². The van der Waals surface area contributed by atoms with Gasteiger partial charge in [-0.1, -0.05) is 73.3 Å². The fraction of sp³-hybridized carbons (Fsp3) is 0.348. The molecule has 6 heteroatoms. The molecule has 0 aliphatic rings. The maximum Gasteiger partial charge on any atom is 0.303 e. The molecular weight excluding hydrogens is 386 g/mol. The van der Waals surface area contributed by atoms with Crippen LogP contribution in [0.15, 0.2) is 54.6 Å². The van der Waals surface area contributed by atoms with Gasteiger partial charge in [0.2, 0.25) is 5.91 Å². The van der Waals surface area contributed by atoms with E-state index in [9.17, 15) is 14.4 Å². The Morgan fingerprint density at radius 2 is 1.59 bits per heavy atom. The summed E-state index contributed by atoms with van der Waals surface area (Å²) in [6, 6.07) is 18.0. The molecule has 2 aromatic carbocycles. The van der Waals surface area contributed by atoms with Crippen LogP contribution in [0.4, 0.5) is 0 Å². The molecule has 0 spiro atoms. The molecule has 1 unspecified atom stereocenters. The summed E-state index contributed by atoms with van der Waals surface area (Å²) in [5, 5.41) is 11.8. The van der Waals surface area contributed by atoms with E-state index in [0.29, 0.717) is 12.8 Å². The summed E-state index contributed by atoms with van der Waals surface area (Å²) in [5.74, 6) is -1.50. The zero-order chi connectivity index (χ0) is 21.2. The van der Waals surface area contributed by atoms with Crippen molar-refractivity contribution in [3.63, 3.8) is 0 Å². The largest absolute Gasteiger partial charge is 0.481 e. The third-order valence-electron chi connectivity index (χ3n) is 4.72. The van der Waals surface area contributed by atoms with Crippen molar-refractivity contribution in [3.8, 4) is 11.1 Å². The summed E-state index contributed by atoms with van der Waals surface area (Å²) < 4.78 is 0. The minimum absolute atomic E-state index is 0.0658. The third-order valence-corrected chi connectivity index (χ3v) is 5.52. The van der Waals surface area contributed by atoms with E-state index in [1.165, 1.54) is 11.8 Å². The molecule has 1 amide bonds. The molecule has 0 saturated heterocycles. The molecule has 0 aromatic heterocycles. The Bertz CT molecular complexity index is 821. The summed E-state index contributed by atoms with van der Waals surface area (Å²) in [4.78, 5) is 34.8. The van der Waals surface area contributed by atoms with Gasteiger partial charge in [0.15, 0.2) is 5.12 Å². The molecule has 0 bridgehead atoms. The molecule has 0 fully saturated rings. The van der Waals surface area contributed by atoms with E-state index in [4.69, 9.17) is 5.11 Å². The number of thioether (sulfide) groups is 1. The van der Waals surface area contributed by atoms with E-state index in [1.807, 2.05) is 49.4 Å². The van der Waals surface area contributed by atoms with Crippen LogP contribution in [0.1, 0.15) is 31.7 Å². The number of amides is 1. The van der Waals surface area contributed by atoms with Crippen LogP contribution in [0.25, 0.3) is 11.1 Å². The van der Waals surface area contributed by atoms with Gasteiger partial charge in [0.1, 0.15) is 0 Å². The Kier molecular flexibility index (Phi) is 8.93. The van der Waals surface area contributed by atoms with Gasteiger partial charge in [-0.05, 0) is 35.8 Å². The van der Waals surface area contributed by atoms with Crippen molar-refractivity contribution in [1.29, 1.82) is 0 Å². The Morgan fingerprint density at radius 3 is 2.17 bits per heavy atom. The number of hydrogen-bond acceptors (Lipinski definition) is 4. The Hall–Kier alpha value is -2.60. The molecule has 2 rings (SSSR count). The first-order chi connectivity index (χ1) is 13.9. The molecule has 0 aliphatic heterocycles. The quantitative estimate of drug-likeness (QED) is 0.611. The molecule has 0 aliphatic carbocycles. The van der Waals surface area contributed by atoms with E-state index in [1.54, 1.807) is 6.26 Å². The van der Waals surface area contributed by atoms with Crippen molar-refractivity contribution in [3.05, 3.63) is 60.2 Å². The molecule has 0 saturated carbocycles. The lowest BCUT2D eigenvalue weighted by molar-refractivity contribution is -0.138. The van der Waals surface area contributed by atoms with Crippen LogP contribution < -0.4 is 5.32 Å². The Balaban J connectivity index is 2.07. The number of carboxylic acid groups (broad SMARTS) is 1. The van der Waals surface area contributed by atoms with Gasteiger partial charge in [0.25, 0.3) is 0 Å². The smallest absolute Gasteiger partial charge is 0.303 e. The van der Waals surface area contributed by atoms with Crippen LogP contribution in [0.3, 0.4) is 0 Å². The molecule has 2 atom stereocenters. The molecule has 0 radical (unpaired) electrons. The first kappa shape index (κ1) is 22.7. The number of benzene rings is 2. The monoisotopic (exact) mass is 413 g/mol. The number of rotatable bonds is 10. The van der Waals surface area contributed by atoms with Crippen molar-refractivity contribution < 1.29 is 19.5 Å². The van der Waals surface area contributed by atoms with E-state index in [2.05, 4.69) is 17.4 Å². The van der Waals surface area contributed by atoms with E-state index < -0.39 is 5.97 Å². The summed E-state index contributed by atoms with van der Waals surface area (Å²) in [6.07, 6.45) is 2.58. The number of nitrogens with one attached hydrogen (secondary N) is 1. The second kappa shape index (κ2) is 11.4. The first-order valence-electron chi connectivity index (χ1n) is 9.62. The molecule has 2 N–H and O–H groups in total. The number of carbonyl (C=O) groups excluding carboxylic acids is 2. The number of carboxylic acids is 1. The fourth-order valence-corrected chi connectivity index (χ4v) is 3.68. The minimum atomic E-state index is -1.00. The van der Waals surface area contributed by atoms with Crippen LogP contribution in [-0.4, -0.2) is 34.4 Å². The van der Waals surface area contributed by atoms with E-state index >= 15 is 0 Å². The maximum atomic E-state index is 12.1. The topological polar surface area (TPSA) is 83.5 Å². The molecule has 5 nitrogen and oxygen atoms in total. The van der Waals surface area contributed by atoms with Crippen LogP contribution in [0, 0.1) is 5.92 Å². The highest BCUT2D eigenvalue weighted by Gasteiger charge is 2.21. The molecular formula is C23H27NO4S. The molecule has 2 aromatic rings. The van der Waals surface area contributed by atoms with Crippen molar-refractivity contribution in [1.82, 2.24) is 5.32 Å². The van der Waals surface area contributed by atoms with E-state index in [-0.39, 0.29) is 35.8 Å². The molecule has 0 heterocycles. The van der Waals surface area contributed by atoms with Crippen molar-refractivity contribution in [2.75, 3.05) is 6.26 Å². The minimum Gasteiger partial charge on any atom is -0.481 e. The standard InChI is InChI=1S/C23H27NO4S/c1-16(23(28)29-2)14-20(24-21(25)12-13-22(26)27)15-17-8-10-19(11-9-17)18-6-4-3-5-7-18/h3-11,16,20H,12-15H2,1-2H3,(H,24,25)(H,26,27)/t16?,20-/m0/s1. The van der Waals surface area contributed by atoms with Gasteiger partial charge in [-0.2, -0.15) is 0 Å². The average Bonchev–Trinajstić information content (AvgIpc) is 2.72. The number of hydrogen-bond donors (Lipinski definition) is 2. The maximum absolute atomic E-state index is 12.1. The van der Waals surface area contributed by atoms with E-state index in [0.717, 1.165) is 16.7 Å². The zero-order valence-corrected chi connectivity index (χ0v) is 17.6. The molecule has 29 heavy (non-hydrogen) atoms. The van der Waals surface area contributed by atoms with Gasteiger partial charge in [-0.25, -0.2) is 0 Å². The highest BCUT2D eigenvalue weighted by atomic mass is 32.2. The fourth-order valence-electron chi connectivity index (χ4n) is 3.19. The van der Waals surface area contributed by atoms with Gasteiger partial charge in [0, 0.05) is 18.4 Å². The van der Waals surface area contributed by atoms with Crippen LogP contribution in [0.5, 0.6) is 0 Å². The predicted octanol–water partition coefficient (Wildman–Crippen LogP) is 4.16. The zero-order valence-electron chi connectivity index (χ0n) is 16.8. The van der Waals surface area contributed by atoms with Gasteiger partial charge >= 0.3 is 5.97 Å². The Morgan fingerprint density at radius 1 is 0.966 bits per heavy atom. The van der Waals surface area contributed by atoms with Crippen molar-refractivity contribution >= 4 is 28.8 Å². The average molecular weight is 414 g/mol. The highest BCUT2D eigenvalue weighted by Crippen LogP contribution is 2.21. The summed E-state index contributed by atoms with van der Waals surface area (Å²) >= 11 is 1.18. The van der Waals surface area contributed by atoms with Crippen molar-refractivity contribution in [2.24, 2.45) is 5.92 Å². The summed E-state index contributed by atoms with van der Waals surface area (Å²) in [6.45, 7) is 1.85. The third kappa shape index (κ3) is 7.74. The van der Waals surface area contributed by atoms with Gasteiger partial charge in [0.05, 0.1) is 6.42 Å². The number of carbonyl (C=O) groups is 3. The second-order valence-electron chi connectivity index (χ2n) is 7.09. The highest BCUT2D eigenvalue weighted by molar-refractivity contribution is 8.13. The summed E-state index contributed by atoms with van der Waals surface area (Å²) in [7, 11) is 0. The van der Waals surface area contributed by atoms with Crippen LogP contribution in [-0.2, 0) is 20.8 Å².